The molecule has 0 fully saturated rings. The fraction of sp³-hybridized carbons (Fsp3) is 0.533. The van der Waals surface area contributed by atoms with E-state index in [1.807, 2.05) is 26.8 Å². The van der Waals surface area contributed by atoms with Gasteiger partial charge in [0.25, 0.3) is 0 Å². The zero-order valence-electron chi connectivity index (χ0n) is 11.9. The van der Waals surface area contributed by atoms with Crippen LogP contribution in [0.1, 0.15) is 40.4 Å². The number of carbonyl (C=O) groups is 1. The highest BCUT2D eigenvalue weighted by molar-refractivity contribution is 7.99. The summed E-state index contributed by atoms with van der Waals surface area (Å²) in [6, 6.07) is 1.95. The van der Waals surface area contributed by atoms with Gasteiger partial charge in [0.15, 0.2) is 5.78 Å². The van der Waals surface area contributed by atoms with Crippen molar-refractivity contribution in [1.82, 2.24) is 0 Å². The molecule has 0 aliphatic heterocycles. The highest BCUT2D eigenvalue weighted by Gasteiger charge is 2.15. The summed E-state index contributed by atoms with van der Waals surface area (Å²) in [5.74, 6) is 2.73. The molecule has 0 amide bonds. The van der Waals surface area contributed by atoms with Crippen molar-refractivity contribution in [2.45, 2.75) is 34.1 Å². The molecule has 0 bridgehead atoms. The Bertz CT molecular complexity index is 439. The Kier molecular flexibility index (Phi) is 5.73. The van der Waals surface area contributed by atoms with Gasteiger partial charge in [-0.1, -0.05) is 6.92 Å². The van der Waals surface area contributed by atoms with Gasteiger partial charge in [0.1, 0.15) is 5.75 Å². The fourth-order valence-electron chi connectivity index (χ4n) is 2.05. The molecule has 1 aromatic rings. The first-order chi connectivity index (χ1) is 8.52. The van der Waals surface area contributed by atoms with Crippen LogP contribution in [0.4, 0.5) is 0 Å². The molecule has 2 nitrogen and oxygen atoms in total. The van der Waals surface area contributed by atoms with Crippen LogP contribution in [0.3, 0.4) is 0 Å². The Hall–Kier alpha value is -0.960. The quantitative estimate of drug-likeness (QED) is 0.576. The number of ketones is 1. The molecule has 0 atom stereocenters. The van der Waals surface area contributed by atoms with Gasteiger partial charge in [-0.15, -0.1) is 0 Å². The minimum Gasteiger partial charge on any atom is -0.496 e. The van der Waals surface area contributed by atoms with Crippen LogP contribution in [0, 0.1) is 20.8 Å². The number of hydrogen-bond acceptors (Lipinski definition) is 3. The number of Topliss-reactive ketones (excluding diaryl/α,β-unsaturated/α-hetero) is 1. The van der Waals surface area contributed by atoms with Crippen LogP contribution < -0.4 is 4.74 Å². The van der Waals surface area contributed by atoms with Crippen molar-refractivity contribution in [2.75, 3.05) is 18.6 Å². The van der Waals surface area contributed by atoms with E-state index >= 15 is 0 Å². The molecule has 1 aromatic carbocycles. The second-order valence-corrected chi connectivity index (χ2v) is 5.61. The van der Waals surface area contributed by atoms with Crippen LogP contribution in [-0.4, -0.2) is 24.4 Å². The van der Waals surface area contributed by atoms with Gasteiger partial charge in [-0.05, 0) is 55.7 Å². The number of aryl methyl sites for hydroxylation is 1. The third-order valence-corrected chi connectivity index (χ3v) is 4.28. The summed E-state index contributed by atoms with van der Waals surface area (Å²) in [7, 11) is 1.67. The maximum Gasteiger partial charge on any atom is 0.173 e. The van der Waals surface area contributed by atoms with Gasteiger partial charge >= 0.3 is 0 Å². The van der Waals surface area contributed by atoms with Crippen molar-refractivity contribution in [1.29, 1.82) is 0 Å². The van der Waals surface area contributed by atoms with E-state index in [1.165, 1.54) is 0 Å². The van der Waals surface area contributed by atoms with Crippen LogP contribution >= 0.6 is 11.8 Å². The normalized spacial score (nSPS) is 10.5. The summed E-state index contributed by atoms with van der Waals surface area (Å²) in [6.07, 6.45) is 1.11. The highest BCUT2D eigenvalue weighted by atomic mass is 32.2. The molecule has 100 valence electrons. The monoisotopic (exact) mass is 266 g/mol. The van der Waals surface area contributed by atoms with E-state index in [2.05, 4.69) is 6.92 Å². The summed E-state index contributed by atoms with van der Waals surface area (Å²) in [5.41, 5.74) is 3.99. The smallest absolute Gasteiger partial charge is 0.173 e. The number of methoxy groups -OCH3 is 1. The summed E-state index contributed by atoms with van der Waals surface area (Å²) in [5, 5.41) is 0. The second kappa shape index (κ2) is 6.83. The molecule has 0 unspecified atom stereocenters. The molecular formula is C15H22O2S. The summed E-state index contributed by atoms with van der Waals surface area (Å²) in [6.45, 7) is 8.12. The van der Waals surface area contributed by atoms with Gasteiger partial charge in [-0.3, -0.25) is 4.79 Å². The van der Waals surface area contributed by atoms with Crippen LogP contribution in [-0.2, 0) is 0 Å². The van der Waals surface area contributed by atoms with Crippen LogP contribution in [0.2, 0.25) is 0 Å². The maximum atomic E-state index is 12.2. The Labute approximate surface area is 114 Å². The van der Waals surface area contributed by atoms with Crippen molar-refractivity contribution in [3.05, 3.63) is 28.3 Å². The first-order valence-corrected chi connectivity index (χ1v) is 7.44. The van der Waals surface area contributed by atoms with Gasteiger partial charge in [0.05, 0.1) is 12.9 Å². The number of hydrogen-bond donors (Lipinski definition) is 0. The van der Waals surface area contributed by atoms with E-state index in [-0.39, 0.29) is 5.78 Å². The molecule has 0 radical (unpaired) electrons. The Morgan fingerprint density at radius 1 is 1.28 bits per heavy atom. The van der Waals surface area contributed by atoms with E-state index in [9.17, 15) is 4.79 Å². The zero-order chi connectivity index (χ0) is 13.7. The van der Waals surface area contributed by atoms with E-state index in [1.54, 1.807) is 18.9 Å². The maximum absolute atomic E-state index is 12.2. The van der Waals surface area contributed by atoms with Gasteiger partial charge in [0.2, 0.25) is 0 Å². The van der Waals surface area contributed by atoms with Crippen molar-refractivity contribution in [3.63, 3.8) is 0 Å². The molecule has 3 heteroatoms. The third-order valence-electron chi connectivity index (χ3n) is 3.11. The lowest BCUT2D eigenvalue weighted by Gasteiger charge is -2.14. The van der Waals surface area contributed by atoms with E-state index in [0.717, 1.165) is 40.2 Å². The SMILES string of the molecule is CCCSCC(=O)c1cc(C)c(OC)c(C)c1C. The summed E-state index contributed by atoms with van der Waals surface area (Å²) >= 11 is 1.71. The third kappa shape index (κ3) is 3.29. The highest BCUT2D eigenvalue weighted by Crippen LogP contribution is 2.29. The first-order valence-electron chi connectivity index (χ1n) is 6.28. The second-order valence-electron chi connectivity index (χ2n) is 4.50. The Morgan fingerprint density at radius 3 is 2.50 bits per heavy atom. The molecule has 0 N–H and O–H groups in total. The van der Waals surface area contributed by atoms with Crippen molar-refractivity contribution < 1.29 is 9.53 Å². The zero-order valence-corrected chi connectivity index (χ0v) is 12.7. The molecule has 0 aromatic heterocycles. The molecule has 0 heterocycles. The van der Waals surface area contributed by atoms with Gasteiger partial charge in [0, 0.05) is 5.56 Å². The number of ether oxygens (including phenoxy) is 1. The van der Waals surface area contributed by atoms with Crippen LogP contribution in [0.5, 0.6) is 5.75 Å². The average molecular weight is 266 g/mol. The van der Waals surface area contributed by atoms with Gasteiger partial charge in [-0.2, -0.15) is 11.8 Å². The number of thioether (sulfide) groups is 1. The van der Waals surface area contributed by atoms with E-state index < -0.39 is 0 Å². The standard InChI is InChI=1S/C15H22O2S/c1-6-7-18-9-14(16)13-8-10(2)15(17-5)12(4)11(13)3/h8H,6-7,9H2,1-5H3. The van der Waals surface area contributed by atoms with Gasteiger partial charge < -0.3 is 4.74 Å². The molecule has 1 rings (SSSR count). The molecule has 18 heavy (non-hydrogen) atoms. The predicted octanol–water partition coefficient (Wildman–Crippen LogP) is 3.95. The van der Waals surface area contributed by atoms with Crippen molar-refractivity contribution in [2.24, 2.45) is 0 Å². The lowest BCUT2D eigenvalue weighted by atomic mass is 9.96. The number of benzene rings is 1. The molecule has 0 spiro atoms. The molecule has 0 saturated carbocycles. The molecule has 0 saturated heterocycles. The predicted molar refractivity (Wildman–Crippen MR) is 79.2 cm³/mol. The van der Waals surface area contributed by atoms with E-state index in [0.29, 0.717) is 5.75 Å². The van der Waals surface area contributed by atoms with Crippen LogP contribution in [0.15, 0.2) is 6.07 Å². The Balaban J connectivity index is 3.00. The van der Waals surface area contributed by atoms with E-state index in [4.69, 9.17) is 4.74 Å². The topological polar surface area (TPSA) is 26.3 Å². The fourth-order valence-corrected chi connectivity index (χ4v) is 2.82. The Morgan fingerprint density at radius 2 is 1.94 bits per heavy atom. The molecule has 0 aliphatic carbocycles. The summed E-state index contributed by atoms with van der Waals surface area (Å²) in [4.78, 5) is 12.2. The lowest BCUT2D eigenvalue weighted by Crippen LogP contribution is -2.08. The number of rotatable bonds is 6. The molecular weight excluding hydrogens is 244 g/mol. The minimum atomic E-state index is 0.222. The van der Waals surface area contributed by atoms with Crippen molar-refractivity contribution in [3.8, 4) is 5.75 Å². The minimum absolute atomic E-state index is 0.222. The largest absolute Gasteiger partial charge is 0.496 e. The van der Waals surface area contributed by atoms with Crippen LogP contribution in [0.25, 0.3) is 0 Å². The average Bonchev–Trinajstić information content (AvgIpc) is 2.34. The first kappa shape index (κ1) is 15.1. The van der Waals surface area contributed by atoms with Gasteiger partial charge in [-0.25, -0.2) is 0 Å². The summed E-state index contributed by atoms with van der Waals surface area (Å²) < 4.78 is 5.37. The lowest BCUT2D eigenvalue weighted by molar-refractivity contribution is 0.102. The van der Waals surface area contributed by atoms with Crippen molar-refractivity contribution >= 4 is 17.5 Å². The number of carbonyl (C=O) groups excluding carboxylic acids is 1. The molecule has 0 aliphatic rings.